The Morgan fingerprint density at radius 1 is 1.13 bits per heavy atom. The molecule has 0 atom stereocenters. The van der Waals surface area contributed by atoms with Gasteiger partial charge in [0.05, 0.1) is 11.9 Å². The Bertz CT molecular complexity index is 1080. The SMILES string of the molecule is Cc1cc(C)c2c(=O)n(Cc3ccccc3)c3nncn3c2n1. The molecule has 6 nitrogen and oxygen atoms in total. The number of aromatic nitrogens is 5. The second-order valence-electron chi connectivity index (χ2n) is 5.66. The van der Waals surface area contributed by atoms with Gasteiger partial charge in [0.2, 0.25) is 5.78 Å². The molecule has 4 rings (SSSR count). The number of fused-ring (bicyclic) bond motifs is 3. The van der Waals surface area contributed by atoms with E-state index in [0.29, 0.717) is 23.4 Å². The van der Waals surface area contributed by atoms with Crippen LogP contribution in [0.15, 0.2) is 47.5 Å². The molecule has 3 aromatic heterocycles. The van der Waals surface area contributed by atoms with Crippen molar-refractivity contribution in [1.82, 2.24) is 24.1 Å². The fourth-order valence-electron chi connectivity index (χ4n) is 2.95. The molecule has 0 saturated carbocycles. The van der Waals surface area contributed by atoms with E-state index in [9.17, 15) is 4.79 Å². The molecule has 0 bridgehead atoms. The average molecular weight is 305 g/mol. The minimum absolute atomic E-state index is 0.0886. The fraction of sp³-hybridized carbons (Fsp3) is 0.176. The van der Waals surface area contributed by atoms with Crippen LogP contribution in [0.25, 0.3) is 16.8 Å². The zero-order valence-electron chi connectivity index (χ0n) is 12.9. The van der Waals surface area contributed by atoms with E-state index in [-0.39, 0.29) is 5.56 Å². The second-order valence-corrected chi connectivity index (χ2v) is 5.66. The Balaban J connectivity index is 2.09. The average Bonchev–Trinajstić information content (AvgIpc) is 3.01. The summed E-state index contributed by atoms with van der Waals surface area (Å²) in [6.07, 6.45) is 1.60. The minimum Gasteiger partial charge on any atom is -0.272 e. The highest BCUT2D eigenvalue weighted by Gasteiger charge is 2.15. The Labute approximate surface area is 132 Å². The summed E-state index contributed by atoms with van der Waals surface area (Å²) in [5, 5.41) is 8.70. The van der Waals surface area contributed by atoms with E-state index < -0.39 is 0 Å². The second kappa shape index (κ2) is 5.01. The molecule has 23 heavy (non-hydrogen) atoms. The fourth-order valence-corrected chi connectivity index (χ4v) is 2.95. The summed E-state index contributed by atoms with van der Waals surface area (Å²) in [6, 6.07) is 11.8. The molecule has 4 aromatic rings. The summed E-state index contributed by atoms with van der Waals surface area (Å²) in [5.74, 6) is 0.504. The van der Waals surface area contributed by atoms with Gasteiger partial charge in [0, 0.05) is 5.69 Å². The predicted octanol–water partition coefficient (Wildman–Crippen LogP) is 2.10. The molecule has 0 radical (unpaired) electrons. The lowest BCUT2D eigenvalue weighted by Gasteiger charge is -2.11. The van der Waals surface area contributed by atoms with Crippen molar-refractivity contribution in [1.29, 1.82) is 0 Å². The maximum absolute atomic E-state index is 13.0. The van der Waals surface area contributed by atoms with Crippen LogP contribution in [0.4, 0.5) is 0 Å². The van der Waals surface area contributed by atoms with Gasteiger partial charge in [-0.25, -0.2) is 4.98 Å². The summed E-state index contributed by atoms with van der Waals surface area (Å²) in [7, 11) is 0. The molecule has 0 spiro atoms. The van der Waals surface area contributed by atoms with E-state index in [1.54, 1.807) is 15.3 Å². The quantitative estimate of drug-likeness (QED) is 0.569. The summed E-state index contributed by atoms with van der Waals surface area (Å²) < 4.78 is 3.42. The summed E-state index contributed by atoms with van der Waals surface area (Å²) in [6.45, 7) is 4.30. The third kappa shape index (κ3) is 2.11. The molecule has 0 N–H and O–H groups in total. The summed E-state index contributed by atoms with van der Waals surface area (Å²) in [4.78, 5) is 17.5. The van der Waals surface area contributed by atoms with E-state index in [4.69, 9.17) is 0 Å². The maximum Gasteiger partial charge on any atom is 0.265 e. The van der Waals surface area contributed by atoms with Crippen LogP contribution in [0.3, 0.4) is 0 Å². The van der Waals surface area contributed by atoms with E-state index in [1.807, 2.05) is 50.2 Å². The highest BCUT2D eigenvalue weighted by molar-refractivity contribution is 5.80. The van der Waals surface area contributed by atoms with Gasteiger partial charge in [-0.1, -0.05) is 30.3 Å². The van der Waals surface area contributed by atoms with Crippen molar-refractivity contribution in [3.63, 3.8) is 0 Å². The Morgan fingerprint density at radius 3 is 2.70 bits per heavy atom. The van der Waals surface area contributed by atoms with Crippen LogP contribution in [-0.2, 0) is 6.54 Å². The molecule has 0 amide bonds. The molecule has 0 aliphatic heterocycles. The van der Waals surface area contributed by atoms with Gasteiger partial charge in [-0.15, -0.1) is 10.2 Å². The number of hydrogen-bond donors (Lipinski definition) is 0. The molecule has 3 heterocycles. The van der Waals surface area contributed by atoms with E-state index in [2.05, 4.69) is 15.2 Å². The Morgan fingerprint density at radius 2 is 1.91 bits per heavy atom. The Kier molecular flexibility index (Phi) is 2.97. The van der Waals surface area contributed by atoms with E-state index in [0.717, 1.165) is 16.8 Å². The lowest BCUT2D eigenvalue weighted by atomic mass is 10.1. The first-order valence-corrected chi connectivity index (χ1v) is 7.39. The molecule has 1 aromatic carbocycles. The van der Waals surface area contributed by atoms with Crippen molar-refractivity contribution in [3.05, 3.63) is 69.9 Å². The summed E-state index contributed by atoms with van der Waals surface area (Å²) in [5.41, 5.74) is 3.34. The number of hydrogen-bond acceptors (Lipinski definition) is 4. The minimum atomic E-state index is -0.0886. The normalized spacial score (nSPS) is 11.4. The molecular weight excluding hydrogens is 290 g/mol. The molecule has 0 unspecified atom stereocenters. The van der Waals surface area contributed by atoms with Crippen LogP contribution in [0.5, 0.6) is 0 Å². The Hall–Kier alpha value is -3.02. The predicted molar refractivity (Wildman–Crippen MR) is 87.6 cm³/mol. The van der Waals surface area contributed by atoms with Gasteiger partial charge in [-0.2, -0.15) is 0 Å². The third-order valence-electron chi connectivity index (χ3n) is 3.97. The zero-order chi connectivity index (χ0) is 16.0. The lowest BCUT2D eigenvalue weighted by Crippen LogP contribution is -2.25. The van der Waals surface area contributed by atoms with Crippen molar-refractivity contribution in [3.8, 4) is 0 Å². The van der Waals surface area contributed by atoms with Crippen LogP contribution in [0.1, 0.15) is 16.8 Å². The lowest BCUT2D eigenvalue weighted by molar-refractivity contribution is 0.764. The number of benzene rings is 1. The molecule has 0 fully saturated rings. The van der Waals surface area contributed by atoms with Gasteiger partial charge in [-0.3, -0.25) is 13.8 Å². The maximum atomic E-state index is 13.0. The highest BCUT2D eigenvalue weighted by atomic mass is 16.1. The number of aryl methyl sites for hydroxylation is 2. The monoisotopic (exact) mass is 305 g/mol. The van der Waals surface area contributed by atoms with Crippen molar-refractivity contribution < 1.29 is 0 Å². The van der Waals surface area contributed by atoms with Gasteiger partial charge in [0.1, 0.15) is 6.33 Å². The third-order valence-corrected chi connectivity index (χ3v) is 3.97. The van der Waals surface area contributed by atoms with Crippen LogP contribution >= 0.6 is 0 Å². The molecule has 0 aliphatic rings. The topological polar surface area (TPSA) is 65.1 Å². The summed E-state index contributed by atoms with van der Waals surface area (Å²) >= 11 is 0. The van der Waals surface area contributed by atoms with Crippen LogP contribution in [0.2, 0.25) is 0 Å². The molecule has 0 aliphatic carbocycles. The van der Waals surface area contributed by atoms with Crippen molar-refractivity contribution >= 4 is 16.8 Å². The molecule has 114 valence electrons. The molecule has 0 saturated heterocycles. The number of nitrogens with zero attached hydrogens (tertiary/aromatic N) is 5. The van der Waals surface area contributed by atoms with Crippen LogP contribution < -0.4 is 5.56 Å². The molecule has 6 heteroatoms. The van der Waals surface area contributed by atoms with Gasteiger partial charge in [0.25, 0.3) is 5.56 Å². The van der Waals surface area contributed by atoms with Gasteiger partial charge in [0.15, 0.2) is 5.65 Å². The van der Waals surface area contributed by atoms with Crippen molar-refractivity contribution in [2.75, 3.05) is 0 Å². The van der Waals surface area contributed by atoms with E-state index >= 15 is 0 Å². The highest BCUT2D eigenvalue weighted by Crippen LogP contribution is 2.16. The number of pyridine rings is 1. The first-order chi connectivity index (χ1) is 11.1. The van der Waals surface area contributed by atoms with E-state index in [1.165, 1.54) is 0 Å². The smallest absolute Gasteiger partial charge is 0.265 e. The zero-order valence-corrected chi connectivity index (χ0v) is 12.9. The first-order valence-electron chi connectivity index (χ1n) is 7.39. The van der Waals surface area contributed by atoms with Gasteiger partial charge in [-0.05, 0) is 31.0 Å². The van der Waals surface area contributed by atoms with Crippen LogP contribution in [-0.4, -0.2) is 24.1 Å². The largest absolute Gasteiger partial charge is 0.272 e. The van der Waals surface area contributed by atoms with Crippen LogP contribution in [0, 0.1) is 13.8 Å². The van der Waals surface area contributed by atoms with Gasteiger partial charge < -0.3 is 0 Å². The number of rotatable bonds is 2. The standard InChI is InChI=1S/C17H15N5O/c1-11-8-12(2)19-15-14(11)16(23)21(17-20-18-10-22(15)17)9-13-6-4-3-5-7-13/h3-8,10H,9H2,1-2H3. The van der Waals surface area contributed by atoms with Crippen molar-refractivity contribution in [2.24, 2.45) is 0 Å². The first kappa shape index (κ1) is 13.6. The van der Waals surface area contributed by atoms with Crippen molar-refractivity contribution in [2.45, 2.75) is 20.4 Å². The molecular formula is C17H15N5O. The van der Waals surface area contributed by atoms with Gasteiger partial charge >= 0.3 is 0 Å².